The maximum absolute atomic E-state index is 12.2. The normalized spacial score (nSPS) is 15.6. The van der Waals surface area contributed by atoms with Crippen molar-refractivity contribution < 1.29 is 14.3 Å². The van der Waals surface area contributed by atoms with Gasteiger partial charge in [-0.2, -0.15) is 0 Å². The highest BCUT2D eigenvalue weighted by Crippen LogP contribution is 2.20. The number of guanidine groups is 1. The lowest BCUT2D eigenvalue weighted by molar-refractivity contribution is 0.0187. The first-order valence-electron chi connectivity index (χ1n) is 10.9. The zero-order valence-electron chi connectivity index (χ0n) is 19.2. The van der Waals surface area contributed by atoms with Gasteiger partial charge in [0.15, 0.2) is 5.96 Å². The molecule has 0 aromatic heterocycles. The number of nitrogens with one attached hydrogen (secondary N) is 2. The second-order valence-corrected chi connectivity index (χ2v) is 8.62. The Morgan fingerprint density at radius 2 is 1.90 bits per heavy atom. The van der Waals surface area contributed by atoms with Gasteiger partial charge in [-0.25, -0.2) is 4.79 Å². The minimum Gasteiger partial charge on any atom is -0.496 e. The number of nitrogens with zero attached hydrogens (tertiary/aromatic N) is 2. The van der Waals surface area contributed by atoms with Crippen LogP contribution in [0.3, 0.4) is 0 Å². The summed E-state index contributed by atoms with van der Waals surface area (Å²) in [5, 5.41) is 6.72. The molecule has 0 aliphatic carbocycles. The molecule has 7 heteroatoms. The van der Waals surface area contributed by atoms with Crippen molar-refractivity contribution in [1.29, 1.82) is 0 Å². The summed E-state index contributed by atoms with van der Waals surface area (Å²) >= 11 is 0. The summed E-state index contributed by atoms with van der Waals surface area (Å²) < 4.78 is 10.9. The molecular weight excluding hydrogens is 380 g/mol. The van der Waals surface area contributed by atoms with E-state index in [1.165, 1.54) is 5.56 Å². The SMILES string of the molecule is CCNC(=NCC1CCN(C(=O)OC(C)(C)C)CC1)NCCc1ccccc1OC. The van der Waals surface area contributed by atoms with Gasteiger partial charge in [0.05, 0.1) is 7.11 Å². The van der Waals surface area contributed by atoms with E-state index in [0.717, 1.165) is 63.7 Å². The molecule has 0 unspecified atom stereocenters. The number of hydrogen-bond donors (Lipinski definition) is 2. The standard InChI is InChI=1S/C23H38N4O3/c1-6-24-21(25-14-11-19-9-7-8-10-20(19)29-5)26-17-18-12-15-27(16-13-18)22(28)30-23(2,3)4/h7-10,18H,6,11-17H2,1-5H3,(H2,24,25,26). The topological polar surface area (TPSA) is 75.2 Å². The van der Waals surface area contributed by atoms with E-state index in [0.29, 0.717) is 5.92 Å². The number of carbonyl (C=O) groups is 1. The van der Waals surface area contributed by atoms with E-state index in [4.69, 9.17) is 14.5 Å². The fourth-order valence-corrected chi connectivity index (χ4v) is 3.41. The molecule has 168 valence electrons. The number of carbonyl (C=O) groups excluding carboxylic acids is 1. The number of amides is 1. The molecule has 0 atom stereocenters. The molecule has 1 amide bonds. The number of rotatable bonds is 7. The number of ether oxygens (including phenoxy) is 2. The second-order valence-electron chi connectivity index (χ2n) is 8.62. The number of aliphatic imine (C=N–C) groups is 1. The molecule has 0 spiro atoms. The molecule has 2 N–H and O–H groups in total. The predicted molar refractivity (Wildman–Crippen MR) is 121 cm³/mol. The number of methoxy groups -OCH3 is 1. The van der Waals surface area contributed by atoms with Crippen LogP contribution in [-0.2, 0) is 11.2 Å². The molecule has 1 fully saturated rings. The number of likely N-dealkylation sites (tertiary alicyclic amines) is 1. The summed E-state index contributed by atoms with van der Waals surface area (Å²) in [5.74, 6) is 2.23. The molecule has 1 aromatic carbocycles. The molecule has 1 aliphatic heterocycles. The Balaban J connectivity index is 1.79. The van der Waals surface area contributed by atoms with Crippen LogP contribution < -0.4 is 15.4 Å². The van der Waals surface area contributed by atoms with Crippen molar-refractivity contribution >= 4 is 12.1 Å². The summed E-state index contributed by atoms with van der Waals surface area (Å²) in [4.78, 5) is 18.8. The summed E-state index contributed by atoms with van der Waals surface area (Å²) in [6.45, 7) is 11.6. The Bertz CT molecular complexity index is 692. The molecule has 1 heterocycles. The van der Waals surface area contributed by atoms with Gasteiger partial charge >= 0.3 is 6.09 Å². The van der Waals surface area contributed by atoms with E-state index in [-0.39, 0.29) is 6.09 Å². The van der Waals surface area contributed by atoms with Crippen molar-refractivity contribution in [3.63, 3.8) is 0 Å². The third-order valence-electron chi connectivity index (χ3n) is 5.00. The van der Waals surface area contributed by atoms with Gasteiger partial charge in [-0.15, -0.1) is 0 Å². The molecule has 0 radical (unpaired) electrons. The van der Waals surface area contributed by atoms with Crippen LogP contribution in [0.5, 0.6) is 5.75 Å². The van der Waals surface area contributed by atoms with E-state index in [1.807, 2.05) is 43.9 Å². The minimum absolute atomic E-state index is 0.212. The fourth-order valence-electron chi connectivity index (χ4n) is 3.41. The second kappa shape index (κ2) is 11.7. The highest BCUT2D eigenvalue weighted by Gasteiger charge is 2.26. The van der Waals surface area contributed by atoms with Gasteiger partial charge in [-0.05, 0) is 64.5 Å². The maximum atomic E-state index is 12.2. The molecule has 0 saturated carbocycles. The number of benzene rings is 1. The molecule has 1 saturated heterocycles. The van der Waals surface area contributed by atoms with Crippen molar-refractivity contribution in [3.8, 4) is 5.75 Å². The van der Waals surface area contributed by atoms with Gasteiger partial charge in [-0.1, -0.05) is 18.2 Å². The Kier molecular flexibility index (Phi) is 9.27. The monoisotopic (exact) mass is 418 g/mol. The first kappa shape index (κ1) is 23.8. The first-order chi connectivity index (χ1) is 14.3. The lowest BCUT2D eigenvalue weighted by Gasteiger charge is -2.33. The highest BCUT2D eigenvalue weighted by molar-refractivity contribution is 5.79. The Morgan fingerprint density at radius 1 is 1.20 bits per heavy atom. The van der Waals surface area contributed by atoms with Gasteiger partial charge in [0, 0.05) is 32.7 Å². The summed E-state index contributed by atoms with van der Waals surface area (Å²) in [6, 6.07) is 8.08. The fraction of sp³-hybridized carbons (Fsp3) is 0.652. The van der Waals surface area contributed by atoms with E-state index >= 15 is 0 Å². The van der Waals surface area contributed by atoms with Crippen LogP contribution in [0, 0.1) is 5.92 Å². The third kappa shape index (κ3) is 8.13. The Hall–Kier alpha value is -2.44. The Morgan fingerprint density at radius 3 is 2.53 bits per heavy atom. The van der Waals surface area contributed by atoms with Crippen LogP contribution in [0.25, 0.3) is 0 Å². The smallest absolute Gasteiger partial charge is 0.410 e. The van der Waals surface area contributed by atoms with Crippen LogP contribution in [0.15, 0.2) is 29.3 Å². The quantitative estimate of drug-likeness (QED) is 0.524. The Labute approximate surface area is 181 Å². The molecular formula is C23H38N4O3. The van der Waals surface area contributed by atoms with Crippen LogP contribution in [-0.4, -0.2) is 62.4 Å². The van der Waals surface area contributed by atoms with E-state index < -0.39 is 5.60 Å². The number of hydrogen-bond acceptors (Lipinski definition) is 4. The van der Waals surface area contributed by atoms with Crippen LogP contribution in [0.4, 0.5) is 4.79 Å². The average Bonchev–Trinajstić information content (AvgIpc) is 2.71. The first-order valence-corrected chi connectivity index (χ1v) is 10.9. The molecule has 7 nitrogen and oxygen atoms in total. The zero-order valence-corrected chi connectivity index (χ0v) is 19.2. The largest absolute Gasteiger partial charge is 0.496 e. The summed E-state index contributed by atoms with van der Waals surface area (Å²) in [7, 11) is 1.70. The zero-order chi connectivity index (χ0) is 22.0. The van der Waals surface area contributed by atoms with Crippen molar-refractivity contribution in [2.24, 2.45) is 10.9 Å². The molecule has 2 rings (SSSR count). The van der Waals surface area contributed by atoms with Crippen molar-refractivity contribution in [2.75, 3.05) is 39.8 Å². The number of piperidine rings is 1. The van der Waals surface area contributed by atoms with Gasteiger partial charge in [0.2, 0.25) is 0 Å². The molecule has 0 bridgehead atoms. The lowest BCUT2D eigenvalue weighted by atomic mass is 9.97. The van der Waals surface area contributed by atoms with Crippen LogP contribution >= 0.6 is 0 Å². The van der Waals surface area contributed by atoms with Crippen molar-refractivity contribution in [3.05, 3.63) is 29.8 Å². The summed E-state index contributed by atoms with van der Waals surface area (Å²) in [5.41, 5.74) is 0.729. The highest BCUT2D eigenvalue weighted by atomic mass is 16.6. The maximum Gasteiger partial charge on any atom is 0.410 e. The molecule has 30 heavy (non-hydrogen) atoms. The minimum atomic E-state index is -0.450. The average molecular weight is 419 g/mol. The molecule has 1 aromatic rings. The predicted octanol–water partition coefficient (Wildman–Crippen LogP) is 3.44. The number of para-hydroxylation sites is 1. The van der Waals surface area contributed by atoms with E-state index in [9.17, 15) is 4.79 Å². The van der Waals surface area contributed by atoms with Gasteiger partial charge < -0.3 is 25.0 Å². The molecule has 1 aliphatic rings. The van der Waals surface area contributed by atoms with Gasteiger partial charge in [0.25, 0.3) is 0 Å². The summed E-state index contributed by atoms with van der Waals surface area (Å²) in [6.07, 6.45) is 2.55. The lowest BCUT2D eigenvalue weighted by Crippen LogP contribution is -2.42. The van der Waals surface area contributed by atoms with Crippen molar-refractivity contribution in [2.45, 2.75) is 52.6 Å². The van der Waals surface area contributed by atoms with Crippen LogP contribution in [0.2, 0.25) is 0 Å². The van der Waals surface area contributed by atoms with Crippen molar-refractivity contribution in [1.82, 2.24) is 15.5 Å². The van der Waals surface area contributed by atoms with Gasteiger partial charge in [-0.3, -0.25) is 4.99 Å². The van der Waals surface area contributed by atoms with E-state index in [1.54, 1.807) is 7.11 Å². The van der Waals surface area contributed by atoms with Gasteiger partial charge in [0.1, 0.15) is 11.4 Å². The van der Waals surface area contributed by atoms with Crippen LogP contribution in [0.1, 0.15) is 46.1 Å². The third-order valence-corrected chi connectivity index (χ3v) is 5.00. The van der Waals surface area contributed by atoms with E-state index in [2.05, 4.69) is 23.6 Å².